The fourth-order valence-electron chi connectivity index (χ4n) is 3.26. The van der Waals surface area contributed by atoms with Gasteiger partial charge < -0.3 is 15.1 Å². The molecule has 2 amide bonds. The number of sulfonamides is 1. The molecule has 1 heterocycles. The normalized spacial score (nSPS) is 14.6. The summed E-state index contributed by atoms with van der Waals surface area (Å²) in [5.41, 5.74) is 2.78. The predicted octanol–water partition coefficient (Wildman–Crippen LogP) is 2.99. The highest BCUT2D eigenvalue weighted by Gasteiger charge is 2.13. The van der Waals surface area contributed by atoms with Crippen molar-refractivity contribution in [2.75, 3.05) is 30.4 Å². The minimum atomic E-state index is -3.74. The Morgan fingerprint density at radius 2 is 1.64 bits per heavy atom. The lowest BCUT2D eigenvalue weighted by Crippen LogP contribution is -2.31. The van der Waals surface area contributed by atoms with Crippen molar-refractivity contribution in [2.45, 2.75) is 30.7 Å². The van der Waals surface area contributed by atoms with Gasteiger partial charge in [0.05, 0.1) is 4.90 Å². The molecule has 1 fully saturated rings. The monoisotopic (exact) mass is 402 g/mol. The summed E-state index contributed by atoms with van der Waals surface area (Å²) in [4.78, 5) is 16.4. The quantitative estimate of drug-likeness (QED) is 0.804. The summed E-state index contributed by atoms with van der Waals surface area (Å²) in [6.07, 6.45) is 3.78. The minimum Gasteiger partial charge on any atom is -0.372 e. The Bertz CT molecular complexity index is 905. The van der Waals surface area contributed by atoms with E-state index in [-0.39, 0.29) is 10.9 Å². The summed E-state index contributed by atoms with van der Waals surface area (Å²) >= 11 is 0. The fourth-order valence-corrected chi connectivity index (χ4v) is 3.77. The number of anilines is 2. The molecule has 0 unspecified atom stereocenters. The number of nitrogens with two attached hydrogens (primary N) is 1. The zero-order chi connectivity index (χ0) is 20.1. The number of benzene rings is 2. The summed E-state index contributed by atoms with van der Waals surface area (Å²) in [5, 5.41) is 7.82. The average Bonchev–Trinajstić information content (AvgIpc) is 2.69. The highest BCUT2D eigenvalue weighted by Crippen LogP contribution is 2.21. The largest absolute Gasteiger partial charge is 0.372 e. The lowest BCUT2D eigenvalue weighted by molar-refractivity contribution is 0.220. The van der Waals surface area contributed by atoms with Crippen molar-refractivity contribution < 1.29 is 13.2 Å². The molecule has 2 aromatic rings. The molecule has 3 N–H and O–H groups in total. The van der Waals surface area contributed by atoms with Crippen molar-refractivity contribution in [1.82, 2.24) is 4.90 Å². The number of primary sulfonamides is 1. The highest BCUT2D eigenvalue weighted by atomic mass is 32.2. The Kier molecular flexibility index (Phi) is 6.21. The number of urea groups is 1. The summed E-state index contributed by atoms with van der Waals surface area (Å²) in [5.74, 6) is 0. The van der Waals surface area contributed by atoms with Crippen LogP contribution in [0.15, 0.2) is 53.4 Å². The van der Waals surface area contributed by atoms with Crippen LogP contribution >= 0.6 is 0 Å². The molecule has 2 aromatic carbocycles. The molecular weight excluding hydrogens is 376 g/mol. The van der Waals surface area contributed by atoms with E-state index in [9.17, 15) is 13.2 Å². The Labute approximate surface area is 166 Å². The zero-order valence-corrected chi connectivity index (χ0v) is 16.8. The van der Waals surface area contributed by atoms with E-state index in [2.05, 4.69) is 34.5 Å². The Balaban J connectivity index is 1.56. The van der Waals surface area contributed by atoms with Crippen LogP contribution in [0.1, 0.15) is 24.8 Å². The second-order valence-electron chi connectivity index (χ2n) is 7.07. The van der Waals surface area contributed by atoms with Crippen LogP contribution in [0.25, 0.3) is 0 Å². The molecule has 1 saturated heterocycles. The summed E-state index contributed by atoms with van der Waals surface area (Å²) < 4.78 is 22.6. The summed E-state index contributed by atoms with van der Waals surface area (Å²) in [6.45, 7) is 2.68. The van der Waals surface area contributed by atoms with E-state index < -0.39 is 10.0 Å². The lowest BCUT2D eigenvalue weighted by Gasteiger charge is -2.29. The molecule has 0 saturated carbocycles. The van der Waals surface area contributed by atoms with E-state index in [0.717, 1.165) is 18.7 Å². The van der Waals surface area contributed by atoms with Gasteiger partial charge in [-0.2, -0.15) is 0 Å². The third kappa shape index (κ3) is 5.24. The minimum absolute atomic E-state index is 0.00708. The number of carbonyl (C=O) groups is 1. The van der Waals surface area contributed by atoms with Gasteiger partial charge in [-0.1, -0.05) is 12.1 Å². The molecule has 0 bridgehead atoms. The zero-order valence-electron chi connectivity index (χ0n) is 16.0. The van der Waals surface area contributed by atoms with E-state index >= 15 is 0 Å². The van der Waals surface area contributed by atoms with Gasteiger partial charge in [0.25, 0.3) is 0 Å². The Hall–Kier alpha value is -2.58. The second-order valence-corrected chi connectivity index (χ2v) is 8.63. The number of hydrogen-bond acceptors (Lipinski definition) is 4. The first kappa shape index (κ1) is 20.2. The number of amides is 2. The lowest BCUT2D eigenvalue weighted by atomic mass is 10.1. The number of hydrogen-bond donors (Lipinski definition) is 2. The van der Waals surface area contributed by atoms with Gasteiger partial charge in [-0.15, -0.1) is 0 Å². The van der Waals surface area contributed by atoms with Crippen LogP contribution in [-0.4, -0.2) is 39.5 Å². The third-order valence-electron chi connectivity index (χ3n) is 4.86. The Morgan fingerprint density at radius 3 is 2.21 bits per heavy atom. The first-order chi connectivity index (χ1) is 13.3. The maximum atomic E-state index is 12.4. The molecule has 28 heavy (non-hydrogen) atoms. The van der Waals surface area contributed by atoms with Gasteiger partial charge in [-0.3, -0.25) is 0 Å². The smallest absolute Gasteiger partial charge is 0.321 e. The van der Waals surface area contributed by atoms with Crippen molar-refractivity contribution in [1.29, 1.82) is 0 Å². The van der Waals surface area contributed by atoms with Gasteiger partial charge in [0.15, 0.2) is 0 Å². The van der Waals surface area contributed by atoms with E-state index in [1.54, 1.807) is 11.9 Å². The Morgan fingerprint density at radius 1 is 1.04 bits per heavy atom. The topological polar surface area (TPSA) is 95.7 Å². The molecule has 0 atom stereocenters. The van der Waals surface area contributed by atoms with Crippen molar-refractivity contribution in [3.8, 4) is 0 Å². The molecule has 0 spiro atoms. The molecular formula is C20H26N4O3S. The molecule has 1 aliphatic rings. The van der Waals surface area contributed by atoms with E-state index in [0.29, 0.717) is 12.2 Å². The van der Waals surface area contributed by atoms with Crippen LogP contribution < -0.4 is 15.4 Å². The van der Waals surface area contributed by atoms with E-state index in [4.69, 9.17) is 5.14 Å². The van der Waals surface area contributed by atoms with E-state index in [1.807, 2.05) is 0 Å². The van der Waals surface area contributed by atoms with Crippen molar-refractivity contribution in [3.63, 3.8) is 0 Å². The third-order valence-corrected chi connectivity index (χ3v) is 5.79. The molecule has 3 rings (SSSR count). The van der Waals surface area contributed by atoms with Crippen LogP contribution in [0.4, 0.5) is 16.2 Å². The molecule has 7 nitrogen and oxygen atoms in total. The highest BCUT2D eigenvalue weighted by molar-refractivity contribution is 7.89. The molecule has 150 valence electrons. The van der Waals surface area contributed by atoms with E-state index in [1.165, 1.54) is 49.2 Å². The molecule has 0 aromatic heterocycles. The van der Waals surface area contributed by atoms with Gasteiger partial charge in [0, 0.05) is 38.1 Å². The SMILES string of the molecule is CN(Cc1ccc(N2CCCCC2)cc1)C(=O)Nc1ccc(S(N)(=O)=O)cc1. The molecule has 8 heteroatoms. The number of nitrogens with zero attached hydrogens (tertiary/aromatic N) is 2. The first-order valence-electron chi connectivity index (χ1n) is 9.32. The first-order valence-corrected chi connectivity index (χ1v) is 10.9. The number of carbonyl (C=O) groups excluding carboxylic acids is 1. The van der Waals surface area contributed by atoms with Gasteiger partial charge in [0.1, 0.15) is 0 Å². The maximum Gasteiger partial charge on any atom is 0.321 e. The van der Waals surface area contributed by atoms with Crippen LogP contribution in [0.5, 0.6) is 0 Å². The van der Waals surface area contributed by atoms with Crippen LogP contribution in [0, 0.1) is 0 Å². The van der Waals surface area contributed by atoms with Crippen molar-refractivity contribution in [3.05, 3.63) is 54.1 Å². The van der Waals surface area contributed by atoms with Gasteiger partial charge in [0.2, 0.25) is 10.0 Å². The number of rotatable bonds is 5. The number of piperidine rings is 1. The molecule has 0 aliphatic carbocycles. The predicted molar refractivity (Wildman–Crippen MR) is 111 cm³/mol. The molecule has 1 aliphatic heterocycles. The number of nitrogens with one attached hydrogen (secondary N) is 1. The summed E-state index contributed by atoms with van der Waals surface area (Å²) in [7, 11) is -2.03. The van der Waals surface area contributed by atoms with Crippen LogP contribution in [-0.2, 0) is 16.6 Å². The summed E-state index contributed by atoms with van der Waals surface area (Å²) in [6, 6.07) is 13.8. The fraction of sp³-hybridized carbons (Fsp3) is 0.350. The van der Waals surface area contributed by atoms with Crippen molar-refractivity contribution >= 4 is 27.4 Å². The second kappa shape index (κ2) is 8.62. The van der Waals surface area contributed by atoms with Gasteiger partial charge >= 0.3 is 6.03 Å². The van der Waals surface area contributed by atoms with Gasteiger partial charge in [-0.25, -0.2) is 18.4 Å². The van der Waals surface area contributed by atoms with Crippen LogP contribution in [0.2, 0.25) is 0 Å². The molecule has 0 radical (unpaired) electrons. The standard InChI is InChI=1S/C20H26N4O3S/c1-23(20(25)22-17-7-11-19(12-8-17)28(21,26)27)15-16-5-9-18(10-6-16)24-13-3-2-4-14-24/h5-12H,2-4,13-15H2,1H3,(H,22,25)(H2,21,26,27). The van der Waals surface area contributed by atoms with Crippen molar-refractivity contribution in [2.24, 2.45) is 5.14 Å². The maximum absolute atomic E-state index is 12.4. The average molecular weight is 403 g/mol. The van der Waals surface area contributed by atoms with Gasteiger partial charge in [-0.05, 0) is 61.2 Å². The van der Waals surface area contributed by atoms with Crippen LogP contribution in [0.3, 0.4) is 0 Å².